The summed E-state index contributed by atoms with van der Waals surface area (Å²) in [5.41, 5.74) is 2.65. The summed E-state index contributed by atoms with van der Waals surface area (Å²) in [6.07, 6.45) is 3.44. The van der Waals surface area contributed by atoms with Crippen LogP contribution in [0.1, 0.15) is 11.4 Å². The summed E-state index contributed by atoms with van der Waals surface area (Å²) in [7, 11) is 0. The molecule has 0 aliphatic rings. The highest BCUT2D eigenvalue weighted by molar-refractivity contribution is 5.93. The van der Waals surface area contributed by atoms with E-state index in [9.17, 15) is 10.1 Å². The van der Waals surface area contributed by atoms with E-state index in [-0.39, 0.29) is 11.2 Å². The van der Waals surface area contributed by atoms with Gasteiger partial charge in [0.05, 0.1) is 35.1 Å². The van der Waals surface area contributed by atoms with Crippen molar-refractivity contribution in [2.45, 2.75) is 13.1 Å². The Labute approximate surface area is 153 Å². The quantitative estimate of drug-likeness (QED) is 0.380. The molecule has 9 nitrogen and oxygen atoms in total. The molecule has 134 valence electrons. The maximum absolute atomic E-state index is 11.2. The zero-order chi connectivity index (χ0) is 18.6. The van der Waals surface area contributed by atoms with Crippen molar-refractivity contribution in [3.05, 3.63) is 82.4 Å². The van der Waals surface area contributed by atoms with Crippen molar-refractivity contribution in [3.63, 3.8) is 0 Å². The highest BCUT2D eigenvalue weighted by Crippen LogP contribution is 2.32. The SMILES string of the molecule is O=[N+]([O-])c1ccc(N(Cc2ccccn2)Cc2ccccn2)c2nonc12. The van der Waals surface area contributed by atoms with Crippen molar-refractivity contribution in [2.75, 3.05) is 4.90 Å². The summed E-state index contributed by atoms with van der Waals surface area (Å²) >= 11 is 0. The zero-order valence-electron chi connectivity index (χ0n) is 14.1. The second-order valence-corrected chi connectivity index (χ2v) is 5.82. The number of benzene rings is 1. The third-order valence-electron chi connectivity index (χ3n) is 4.07. The smallest absolute Gasteiger partial charge is 0.300 e. The number of nitro groups is 1. The fourth-order valence-corrected chi connectivity index (χ4v) is 2.84. The van der Waals surface area contributed by atoms with Gasteiger partial charge in [-0.3, -0.25) is 20.1 Å². The van der Waals surface area contributed by atoms with Crippen LogP contribution in [0.5, 0.6) is 0 Å². The lowest BCUT2D eigenvalue weighted by atomic mass is 10.2. The number of hydrogen-bond donors (Lipinski definition) is 0. The first kappa shape index (κ1) is 16.6. The molecular weight excluding hydrogens is 348 g/mol. The monoisotopic (exact) mass is 362 g/mol. The minimum absolute atomic E-state index is 0.115. The molecule has 0 N–H and O–H groups in total. The van der Waals surface area contributed by atoms with Crippen LogP contribution in [-0.2, 0) is 13.1 Å². The van der Waals surface area contributed by atoms with E-state index in [1.807, 2.05) is 41.3 Å². The predicted octanol–water partition coefficient (Wildman–Crippen LogP) is 3.13. The number of nitrogens with zero attached hydrogens (tertiary/aromatic N) is 6. The molecule has 9 heteroatoms. The van der Waals surface area contributed by atoms with Crippen molar-refractivity contribution in [1.29, 1.82) is 0 Å². The average molecular weight is 362 g/mol. The van der Waals surface area contributed by atoms with Crippen LogP contribution in [0.3, 0.4) is 0 Å². The second kappa shape index (κ2) is 7.16. The van der Waals surface area contributed by atoms with Crippen LogP contribution in [0.25, 0.3) is 11.0 Å². The molecule has 3 aromatic heterocycles. The number of rotatable bonds is 6. The summed E-state index contributed by atoms with van der Waals surface area (Å²) in [4.78, 5) is 21.5. The van der Waals surface area contributed by atoms with Crippen LogP contribution in [0.4, 0.5) is 11.4 Å². The first-order valence-corrected chi connectivity index (χ1v) is 8.17. The van der Waals surface area contributed by atoms with E-state index in [0.717, 1.165) is 11.4 Å². The van der Waals surface area contributed by atoms with Crippen LogP contribution in [-0.4, -0.2) is 25.2 Å². The number of non-ortho nitro benzene ring substituents is 1. The summed E-state index contributed by atoms with van der Waals surface area (Å²) in [5.74, 6) is 0. The van der Waals surface area contributed by atoms with Crippen LogP contribution < -0.4 is 4.90 Å². The van der Waals surface area contributed by atoms with Gasteiger partial charge in [-0.2, -0.15) is 0 Å². The van der Waals surface area contributed by atoms with Gasteiger partial charge in [0.15, 0.2) is 5.52 Å². The van der Waals surface area contributed by atoms with E-state index in [1.54, 1.807) is 18.5 Å². The average Bonchev–Trinajstić information content (AvgIpc) is 3.18. The second-order valence-electron chi connectivity index (χ2n) is 5.82. The summed E-state index contributed by atoms with van der Waals surface area (Å²) in [6.45, 7) is 0.939. The Balaban J connectivity index is 1.78. The van der Waals surface area contributed by atoms with Gasteiger partial charge in [0.25, 0.3) is 0 Å². The van der Waals surface area contributed by atoms with Crippen molar-refractivity contribution in [1.82, 2.24) is 20.3 Å². The Hall–Kier alpha value is -3.88. The minimum Gasteiger partial charge on any atom is -0.358 e. The van der Waals surface area contributed by atoms with Gasteiger partial charge in [0.1, 0.15) is 0 Å². The van der Waals surface area contributed by atoms with Crippen molar-refractivity contribution < 1.29 is 9.55 Å². The molecule has 0 aliphatic carbocycles. The number of fused-ring (bicyclic) bond motifs is 1. The van der Waals surface area contributed by atoms with Gasteiger partial charge in [-0.15, -0.1) is 0 Å². The van der Waals surface area contributed by atoms with E-state index in [0.29, 0.717) is 24.3 Å². The van der Waals surface area contributed by atoms with Crippen molar-refractivity contribution in [3.8, 4) is 0 Å². The lowest BCUT2D eigenvalue weighted by Gasteiger charge is -2.24. The van der Waals surface area contributed by atoms with Crippen LogP contribution in [0, 0.1) is 10.1 Å². The molecule has 0 unspecified atom stereocenters. The van der Waals surface area contributed by atoms with Gasteiger partial charge >= 0.3 is 5.69 Å². The lowest BCUT2D eigenvalue weighted by Crippen LogP contribution is -2.23. The highest BCUT2D eigenvalue weighted by Gasteiger charge is 2.23. The predicted molar refractivity (Wildman–Crippen MR) is 96.8 cm³/mol. The molecule has 27 heavy (non-hydrogen) atoms. The van der Waals surface area contributed by atoms with E-state index >= 15 is 0 Å². The normalized spacial score (nSPS) is 10.8. The van der Waals surface area contributed by atoms with Gasteiger partial charge in [0, 0.05) is 18.5 Å². The molecule has 0 radical (unpaired) electrons. The molecule has 3 heterocycles. The summed E-state index contributed by atoms with van der Waals surface area (Å²) < 4.78 is 4.78. The van der Waals surface area contributed by atoms with Crippen LogP contribution in [0.15, 0.2) is 65.6 Å². The maximum atomic E-state index is 11.2. The highest BCUT2D eigenvalue weighted by atomic mass is 16.6. The molecule has 0 aliphatic heterocycles. The Morgan fingerprint density at radius 2 is 1.52 bits per heavy atom. The van der Waals surface area contributed by atoms with Crippen LogP contribution >= 0.6 is 0 Å². The maximum Gasteiger partial charge on any atom is 0.300 e. The van der Waals surface area contributed by atoms with Crippen molar-refractivity contribution >= 4 is 22.4 Å². The van der Waals surface area contributed by atoms with Gasteiger partial charge in [0.2, 0.25) is 5.52 Å². The number of hydrogen-bond acceptors (Lipinski definition) is 8. The lowest BCUT2D eigenvalue weighted by molar-refractivity contribution is -0.383. The van der Waals surface area contributed by atoms with Gasteiger partial charge in [-0.25, -0.2) is 4.63 Å². The van der Waals surface area contributed by atoms with Gasteiger partial charge in [-0.1, -0.05) is 12.1 Å². The van der Waals surface area contributed by atoms with Gasteiger partial charge in [-0.05, 0) is 40.6 Å². The molecule has 4 rings (SSSR count). The molecule has 0 atom stereocenters. The standard InChI is InChI=1S/C18H14N6O3/c25-24(26)16-8-7-15(17-18(16)22-27-21-17)23(11-13-5-1-3-9-19-13)12-14-6-2-4-10-20-14/h1-10H,11-12H2. The molecule has 0 saturated carbocycles. The molecule has 0 amide bonds. The molecule has 0 bridgehead atoms. The topological polar surface area (TPSA) is 111 Å². The van der Waals surface area contributed by atoms with Gasteiger partial charge < -0.3 is 4.90 Å². The molecule has 4 aromatic rings. The summed E-state index contributed by atoms with van der Waals surface area (Å²) in [6, 6.07) is 14.4. The Kier molecular flexibility index (Phi) is 4.40. The number of nitro benzene ring substituents is 1. The number of aromatic nitrogens is 4. The number of anilines is 1. The van der Waals surface area contributed by atoms with Crippen molar-refractivity contribution in [2.24, 2.45) is 0 Å². The Morgan fingerprint density at radius 3 is 2.07 bits per heavy atom. The molecular formula is C18H14N6O3. The van der Waals surface area contributed by atoms with Crippen LogP contribution in [0.2, 0.25) is 0 Å². The van der Waals surface area contributed by atoms with E-state index in [1.165, 1.54) is 6.07 Å². The fourth-order valence-electron chi connectivity index (χ4n) is 2.84. The molecule has 1 aromatic carbocycles. The van der Waals surface area contributed by atoms with E-state index in [4.69, 9.17) is 4.63 Å². The largest absolute Gasteiger partial charge is 0.358 e. The third kappa shape index (κ3) is 3.43. The fraction of sp³-hybridized carbons (Fsp3) is 0.111. The molecule has 0 spiro atoms. The Morgan fingerprint density at radius 1 is 0.889 bits per heavy atom. The van der Waals surface area contributed by atoms with E-state index < -0.39 is 4.92 Å². The first-order valence-electron chi connectivity index (χ1n) is 8.17. The third-order valence-corrected chi connectivity index (χ3v) is 4.07. The first-order chi connectivity index (χ1) is 13.2. The molecule has 0 fully saturated rings. The van der Waals surface area contributed by atoms with E-state index in [2.05, 4.69) is 20.3 Å². The minimum atomic E-state index is -0.502. The zero-order valence-corrected chi connectivity index (χ0v) is 14.1. The number of pyridine rings is 2. The molecule has 0 saturated heterocycles. The summed E-state index contributed by atoms with van der Waals surface area (Å²) in [5, 5.41) is 18.8. The Bertz CT molecular complexity index is 1030.